The normalized spacial score (nSPS) is 10.3. The molecule has 0 amide bonds. The minimum atomic E-state index is -1.13. The molecular weight excluding hydrogens is 237 g/mol. The summed E-state index contributed by atoms with van der Waals surface area (Å²) in [6.07, 6.45) is 3.61. The highest BCUT2D eigenvalue weighted by Crippen LogP contribution is 2.16. The molecule has 0 aromatic heterocycles. The lowest BCUT2D eigenvalue weighted by Gasteiger charge is -2.07. The van der Waals surface area contributed by atoms with Crippen molar-refractivity contribution in [3.63, 3.8) is 0 Å². The highest BCUT2D eigenvalue weighted by atomic mass is 19.1. The number of unbranched alkanes of at least 4 members (excludes halogenated alkanes) is 3. The zero-order valence-corrected chi connectivity index (χ0v) is 10.2. The molecule has 4 nitrogen and oxygen atoms in total. The molecule has 0 saturated carbocycles. The average Bonchev–Trinajstić information content (AvgIpc) is 2.35. The summed E-state index contributed by atoms with van der Waals surface area (Å²) in [6, 6.07) is 3.82. The number of carboxylic acids is 1. The number of halogens is 1. The third-order valence-electron chi connectivity index (χ3n) is 2.62. The number of carbonyl (C=O) groups is 1. The number of rotatable bonds is 8. The maximum atomic E-state index is 13.5. The molecule has 0 radical (unpaired) electrons. The Kier molecular flexibility index (Phi) is 6.14. The predicted molar refractivity (Wildman–Crippen MR) is 67.4 cm³/mol. The van der Waals surface area contributed by atoms with Crippen LogP contribution in [0.15, 0.2) is 18.2 Å². The summed E-state index contributed by atoms with van der Waals surface area (Å²) >= 11 is 0. The van der Waals surface area contributed by atoms with Gasteiger partial charge in [0.15, 0.2) is 0 Å². The van der Waals surface area contributed by atoms with E-state index in [9.17, 15) is 9.18 Å². The lowest BCUT2D eigenvalue weighted by Crippen LogP contribution is -2.05. The minimum Gasteiger partial charge on any atom is -0.478 e. The molecule has 3 N–H and O–H groups in total. The third-order valence-corrected chi connectivity index (χ3v) is 2.62. The van der Waals surface area contributed by atoms with E-state index in [1.165, 1.54) is 12.1 Å². The molecule has 0 bridgehead atoms. The van der Waals surface area contributed by atoms with E-state index in [0.717, 1.165) is 31.7 Å². The predicted octanol–water partition coefficient (Wildman–Crippen LogP) is 2.49. The Morgan fingerprint density at radius 3 is 2.56 bits per heavy atom. The first-order valence-corrected chi connectivity index (χ1v) is 6.02. The fourth-order valence-electron chi connectivity index (χ4n) is 1.60. The SMILES string of the molecule is O=C(O)c1ccc(NCCCCCCO)c(F)c1. The van der Waals surface area contributed by atoms with Crippen molar-refractivity contribution in [1.29, 1.82) is 0 Å². The molecule has 0 saturated heterocycles. The lowest BCUT2D eigenvalue weighted by molar-refractivity contribution is 0.0696. The van der Waals surface area contributed by atoms with Crippen LogP contribution in [0.5, 0.6) is 0 Å². The number of hydrogen-bond acceptors (Lipinski definition) is 3. The van der Waals surface area contributed by atoms with E-state index in [0.29, 0.717) is 12.2 Å². The molecule has 0 aliphatic rings. The van der Waals surface area contributed by atoms with Gasteiger partial charge in [0.2, 0.25) is 0 Å². The average molecular weight is 255 g/mol. The zero-order chi connectivity index (χ0) is 13.4. The highest BCUT2D eigenvalue weighted by molar-refractivity contribution is 5.88. The van der Waals surface area contributed by atoms with Gasteiger partial charge in [0.25, 0.3) is 0 Å². The molecule has 0 unspecified atom stereocenters. The molecule has 1 rings (SSSR count). The van der Waals surface area contributed by atoms with Crippen molar-refractivity contribution in [2.24, 2.45) is 0 Å². The van der Waals surface area contributed by atoms with Crippen LogP contribution in [0, 0.1) is 5.82 Å². The van der Waals surface area contributed by atoms with Gasteiger partial charge in [0, 0.05) is 13.2 Å². The molecule has 0 aliphatic heterocycles. The number of hydrogen-bond donors (Lipinski definition) is 3. The van der Waals surface area contributed by atoms with Crippen LogP contribution in [0.25, 0.3) is 0 Å². The summed E-state index contributed by atoms with van der Waals surface area (Å²) in [7, 11) is 0. The van der Waals surface area contributed by atoms with Crippen molar-refractivity contribution >= 4 is 11.7 Å². The molecular formula is C13H18FNO3. The van der Waals surface area contributed by atoms with Crippen LogP contribution >= 0.6 is 0 Å². The molecule has 0 spiro atoms. The van der Waals surface area contributed by atoms with Gasteiger partial charge in [-0.25, -0.2) is 9.18 Å². The smallest absolute Gasteiger partial charge is 0.335 e. The molecule has 0 aliphatic carbocycles. The van der Waals surface area contributed by atoms with Gasteiger partial charge < -0.3 is 15.5 Å². The summed E-state index contributed by atoms with van der Waals surface area (Å²) in [4.78, 5) is 10.6. The summed E-state index contributed by atoms with van der Waals surface area (Å²) in [6.45, 7) is 0.841. The van der Waals surface area contributed by atoms with Crippen LogP contribution in [0.4, 0.5) is 10.1 Å². The first kappa shape index (κ1) is 14.4. The quantitative estimate of drug-likeness (QED) is 0.624. The number of nitrogens with one attached hydrogen (secondary N) is 1. The van der Waals surface area contributed by atoms with Gasteiger partial charge in [-0.1, -0.05) is 12.8 Å². The van der Waals surface area contributed by atoms with Gasteiger partial charge in [-0.3, -0.25) is 0 Å². The molecule has 18 heavy (non-hydrogen) atoms. The molecule has 0 heterocycles. The Morgan fingerprint density at radius 2 is 1.94 bits per heavy atom. The number of carboxylic acid groups (broad SMARTS) is 1. The summed E-state index contributed by atoms with van der Waals surface area (Å²) in [5, 5.41) is 20.2. The van der Waals surface area contributed by atoms with Crippen molar-refractivity contribution in [1.82, 2.24) is 0 Å². The van der Waals surface area contributed by atoms with Crippen molar-refractivity contribution in [2.45, 2.75) is 25.7 Å². The highest BCUT2D eigenvalue weighted by Gasteiger charge is 2.07. The molecule has 1 aromatic rings. The lowest BCUT2D eigenvalue weighted by atomic mass is 10.2. The van der Waals surface area contributed by atoms with Crippen molar-refractivity contribution in [3.05, 3.63) is 29.6 Å². The standard InChI is InChI=1S/C13H18FNO3/c14-11-9-10(13(17)18)5-6-12(11)15-7-3-1-2-4-8-16/h5-6,9,15-16H,1-4,7-8H2,(H,17,18). The van der Waals surface area contributed by atoms with E-state index >= 15 is 0 Å². The van der Waals surface area contributed by atoms with Crippen molar-refractivity contribution in [2.75, 3.05) is 18.5 Å². The second-order valence-corrected chi connectivity index (χ2v) is 4.06. The number of benzene rings is 1. The van der Waals surface area contributed by atoms with Crippen LogP contribution in [0.1, 0.15) is 36.0 Å². The largest absolute Gasteiger partial charge is 0.478 e. The van der Waals surface area contributed by atoms with Gasteiger partial charge in [-0.2, -0.15) is 0 Å². The molecule has 1 aromatic carbocycles. The Morgan fingerprint density at radius 1 is 1.22 bits per heavy atom. The van der Waals surface area contributed by atoms with E-state index in [-0.39, 0.29) is 12.2 Å². The number of anilines is 1. The summed E-state index contributed by atoms with van der Waals surface area (Å²) in [5.74, 6) is -1.69. The zero-order valence-electron chi connectivity index (χ0n) is 10.2. The maximum absolute atomic E-state index is 13.5. The van der Waals surface area contributed by atoms with Gasteiger partial charge in [-0.05, 0) is 31.0 Å². The van der Waals surface area contributed by atoms with Crippen molar-refractivity contribution in [3.8, 4) is 0 Å². The molecule has 5 heteroatoms. The fraction of sp³-hybridized carbons (Fsp3) is 0.462. The van der Waals surface area contributed by atoms with Crippen molar-refractivity contribution < 1.29 is 19.4 Å². The molecule has 100 valence electrons. The monoisotopic (exact) mass is 255 g/mol. The van der Waals surface area contributed by atoms with Crippen LogP contribution < -0.4 is 5.32 Å². The van der Waals surface area contributed by atoms with Crippen LogP contribution in [-0.2, 0) is 0 Å². The molecule has 0 fully saturated rings. The van der Waals surface area contributed by atoms with E-state index in [1.54, 1.807) is 0 Å². The second kappa shape index (κ2) is 7.66. The number of aliphatic hydroxyl groups excluding tert-OH is 1. The Bertz CT molecular complexity index is 396. The van der Waals surface area contributed by atoms with Gasteiger partial charge in [-0.15, -0.1) is 0 Å². The van der Waals surface area contributed by atoms with E-state index < -0.39 is 11.8 Å². The Hall–Kier alpha value is -1.62. The minimum absolute atomic E-state index is 0.0546. The van der Waals surface area contributed by atoms with Gasteiger partial charge in [0.05, 0.1) is 11.3 Å². The van der Waals surface area contributed by atoms with E-state index in [4.69, 9.17) is 10.2 Å². The first-order valence-electron chi connectivity index (χ1n) is 6.02. The fourth-order valence-corrected chi connectivity index (χ4v) is 1.60. The summed E-state index contributed by atoms with van der Waals surface area (Å²) < 4.78 is 13.5. The number of aliphatic hydroxyl groups is 1. The van der Waals surface area contributed by atoms with E-state index in [2.05, 4.69) is 5.32 Å². The second-order valence-electron chi connectivity index (χ2n) is 4.06. The Balaban J connectivity index is 2.36. The molecule has 0 atom stereocenters. The van der Waals surface area contributed by atoms with Gasteiger partial charge >= 0.3 is 5.97 Å². The van der Waals surface area contributed by atoms with Crippen LogP contribution in [-0.4, -0.2) is 29.3 Å². The van der Waals surface area contributed by atoms with E-state index in [1.807, 2.05) is 0 Å². The Labute approximate surface area is 105 Å². The maximum Gasteiger partial charge on any atom is 0.335 e. The third kappa shape index (κ3) is 4.71. The van der Waals surface area contributed by atoms with Gasteiger partial charge in [0.1, 0.15) is 5.82 Å². The number of aromatic carboxylic acids is 1. The first-order chi connectivity index (χ1) is 8.65. The van der Waals surface area contributed by atoms with Crippen LogP contribution in [0.2, 0.25) is 0 Å². The van der Waals surface area contributed by atoms with Crippen LogP contribution in [0.3, 0.4) is 0 Å². The summed E-state index contributed by atoms with van der Waals surface area (Å²) in [5.41, 5.74) is 0.267. The topological polar surface area (TPSA) is 69.6 Å².